The van der Waals surface area contributed by atoms with Gasteiger partial charge in [0, 0.05) is 26.2 Å². The second kappa shape index (κ2) is 9.11. The molecule has 0 atom stereocenters. The van der Waals surface area contributed by atoms with E-state index in [1.807, 2.05) is 0 Å². The normalized spacial score (nSPS) is 15.8. The van der Waals surface area contributed by atoms with Crippen LogP contribution in [-0.2, 0) is 4.79 Å². The van der Waals surface area contributed by atoms with Crippen LogP contribution in [0.4, 0.5) is 0 Å². The van der Waals surface area contributed by atoms with Crippen LogP contribution < -0.4 is 0 Å². The molecule has 0 aliphatic heterocycles. The molecule has 0 radical (unpaired) electrons. The average molecular weight is 255 g/mol. The fourth-order valence-corrected chi connectivity index (χ4v) is 2.32. The SMILES string of the molecule is O=C(O)CCN(CCCO)CCC1=CCCCC1. The highest BCUT2D eigenvalue weighted by Gasteiger charge is 2.09. The number of carboxylic acid groups (broad SMARTS) is 1. The van der Waals surface area contributed by atoms with Crippen molar-refractivity contribution in [3.8, 4) is 0 Å². The summed E-state index contributed by atoms with van der Waals surface area (Å²) in [4.78, 5) is 12.7. The van der Waals surface area contributed by atoms with E-state index in [2.05, 4.69) is 11.0 Å². The van der Waals surface area contributed by atoms with Gasteiger partial charge in [0.25, 0.3) is 0 Å². The van der Waals surface area contributed by atoms with Crippen molar-refractivity contribution in [2.75, 3.05) is 26.2 Å². The lowest BCUT2D eigenvalue weighted by Crippen LogP contribution is -2.29. The lowest BCUT2D eigenvalue weighted by molar-refractivity contribution is -0.137. The summed E-state index contributed by atoms with van der Waals surface area (Å²) < 4.78 is 0. The van der Waals surface area contributed by atoms with Gasteiger partial charge >= 0.3 is 5.97 Å². The molecule has 2 N–H and O–H groups in total. The molecule has 0 aromatic rings. The molecule has 18 heavy (non-hydrogen) atoms. The number of aliphatic hydroxyl groups is 1. The van der Waals surface area contributed by atoms with Gasteiger partial charge in [-0.05, 0) is 38.5 Å². The Hall–Kier alpha value is -0.870. The van der Waals surface area contributed by atoms with Crippen LogP contribution in [0.3, 0.4) is 0 Å². The standard InChI is InChI=1S/C14H25NO3/c16-12-4-9-15(11-8-14(17)18)10-7-13-5-2-1-3-6-13/h5,16H,1-4,6-12H2,(H,17,18). The van der Waals surface area contributed by atoms with E-state index < -0.39 is 5.97 Å². The molecule has 1 rings (SSSR count). The quantitative estimate of drug-likeness (QED) is 0.619. The minimum absolute atomic E-state index is 0.173. The monoisotopic (exact) mass is 255 g/mol. The van der Waals surface area contributed by atoms with Crippen molar-refractivity contribution in [2.45, 2.75) is 44.9 Å². The van der Waals surface area contributed by atoms with E-state index in [1.54, 1.807) is 0 Å². The summed E-state index contributed by atoms with van der Waals surface area (Å²) in [6.45, 7) is 2.46. The number of rotatable bonds is 9. The van der Waals surface area contributed by atoms with E-state index in [4.69, 9.17) is 10.2 Å². The summed E-state index contributed by atoms with van der Waals surface area (Å²) in [5.41, 5.74) is 1.52. The molecule has 0 amide bonds. The number of carbonyl (C=O) groups is 1. The predicted octanol–water partition coefficient (Wildman–Crippen LogP) is 2.04. The largest absolute Gasteiger partial charge is 0.481 e. The summed E-state index contributed by atoms with van der Waals surface area (Å²) in [6.07, 6.45) is 9.28. The molecule has 4 heteroatoms. The fraction of sp³-hybridized carbons (Fsp3) is 0.786. The summed E-state index contributed by atoms with van der Waals surface area (Å²) in [5, 5.41) is 17.6. The molecule has 0 bridgehead atoms. The van der Waals surface area contributed by atoms with E-state index in [-0.39, 0.29) is 13.0 Å². The van der Waals surface area contributed by atoms with Crippen molar-refractivity contribution in [1.29, 1.82) is 0 Å². The number of hydrogen-bond acceptors (Lipinski definition) is 3. The third-order valence-corrected chi connectivity index (χ3v) is 3.41. The van der Waals surface area contributed by atoms with Gasteiger partial charge in [0.05, 0.1) is 6.42 Å². The van der Waals surface area contributed by atoms with Gasteiger partial charge in [0.15, 0.2) is 0 Å². The van der Waals surface area contributed by atoms with Crippen molar-refractivity contribution in [3.63, 3.8) is 0 Å². The van der Waals surface area contributed by atoms with Gasteiger partial charge in [-0.2, -0.15) is 0 Å². The van der Waals surface area contributed by atoms with E-state index in [0.29, 0.717) is 6.54 Å². The Morgan fingerprint density at radius 3 is 2.72 bits per heavy atom. The second-order valence-electron chi connectivity index (χ2n) is 4.92. The lowest BCUT2D eigenvalue weighted by Gasteiger charge is -2.22. The molecule has 0 unspecified atom stereocenters. The highest BCUT2D eigenvalue weighted by molar-refractivity contribution is 5.66. The third-order valence-electron chi connectivity index (χ3n) is 3.41. The second-order valence-corrected chi connectivity index (χ2v) is 4.92. The molecular weight excluding hydrogens is 230 g/mol. The van der Waals surface area contributed by atoms with Crippen molar-refractivity contribution in [3.05, 3.63) is 11.6 Å². The Balaban J connectivity index is 2.29. The first kappa shape index (κ1) is 15.2. The highest BCUT2D eigenvalue weighted by atomic mass is 16.4. The Kier molecular flexibility index (Phi) is 7.69. The zero-order valence-corrected chi connectivity index (χ0v) is 11.1. The van der Waals surface area contributed by atoms with Crippen molar-refractivity contribution in [2.24, 2.45) is 0 Å². The number of allylic oxidation sites excluding steroid dienone is 1. The van der Waals surface area contributed by atoms with Gasteiger partial charge in [-0.15, -0.1) is 0 Å². The Morgan fingerprint density at radius 2 is 2.11 bits per heavy atom. The van der Waals surface area contributed by atoms with Gasteiger partial charge in [-0.25, -0.2) is 0 Å². The number of aliphatic carboxylic acids is 1. The van der Waals surface area contributed by atoms with Crippen molar-refractivity contribution >= 4 is 5.97 Å². The van der Waals surface area contributed by atoms with E-state index in [9.17, 15) is 4.79 Å². The summed E-state index contributed by atoms with van der Waals surface area (Å²) in [6, 6.07) is 0. The molecule has 0 aromatic carbocycles. The maximum atomic E-state index is 10.6. The lowest BCUT2D eigenvalue weighted by atomic mass is 9.97. The molecule has 0 heterocycles. The van der Waals surface area contributed by atoms with Crippen LogP contribution in [-0.4, -0.2) is 47.3 Å². The van der Waals surface area contributed by atoms with Crippen LogP contribution in [0.15, 0.2) is 11.6 Å². The molecule has 4 nitrogen and oxygen atoms in total. The fourth-order valence-electron chi connectivity index (χ4n) is 2.32. The molecule has 0 saturated carbocycles. The summed E-state index contributed by atoms with van der Waals surface area (Å²) >= 11 is 0. The van der Waals surface area contributed by atoms with Crippen molar-refractivity contribution < 1.29 is 15.0 Å². The Labute approximate surface area is 109 Å². The summed E-state index contributed by atoms with van der Waals surface area (Å²) in [7, 11) is 0. The maximum absolute atomic E-state index is 10.6. The number of hydrogen-bond donors (Lipinski definition) is 2. The summed E-state index contributed by atoms with van der Waals surface area (Å²) in [5.74, 6) is -0.749. The average Bonchev–Trinajstić information content (AvgIpc) is 2.39. The molecule has 1 aliphatic carbocycles. The first-order valence-electron chi connectivity index (χ1n) is 6.95. The van der Waals surface area contributed by atoms with Gasteiger partial charge in [0.1, 0.15) is 0 Å². The maximum Gasteiger partial charge on any atom is 0.304 e. The minimum Gasteiger partial charge on any atom is -0.481 e. The smallest absolute Gasteiger partial charge is 0.304 e. The zero-order chi connectivity index (χ0) is 13.2. The number of aliphatic hydroxyl groups excluding tert-OH is 1. The first-order valence-corrected chi connectivity index (χ1v) is 6.95. The van der Waals surface area contributed by atoms with Crippen LogP contribution in [0.1, 0.15) is 44.9 Å². The van der Waals surface area contributed by atoms with Crippen LogP contribution in [0, 0.1) is 0 Å². The van der Waals surface area contributed by atoms with Crippen LogP contribution in [0.5, 0.6) is 0 Å². The number of nitrogens with zero attached hydrogens (tertiary/aromatic N) is 1. The van der Waals surface area contributed by atoms with E-state index in [0.717, 1.165) is 25.9 Å². The zero-order valence-electron chi connectivity index (χ0n) is 11.1. The predicted molar refractivity (Wildman–Crippen MR) is 71.6 cm³/mol. The van der Waals surface area contributed by atoms with Crippen molar-refractivity contribution in [1.82, 2.24) is 4.90 Å². The Morgan fingerprint density at radius 1 is 1.28 bits per heavy atom. The topological polar surface area (TPSA) is 60.8 Å². The van der Waals surface area contributed by atoms with E-state index in [1.165, 1.54) is 31.3 Å². The molecule has 0 spiro atoms. The molecule has 0 fully saturated rings. The molecule has 0 saturated heterocycles. The molecule has 0 aromatic heterocycles. The molecule has 1 aliphatic rings. The van der Waals surface area contributed by atoms with Crippen LogP contribution in [0.25, 0.3) is 0 Å². The first-order chi connectivity index (χ1) is 8.72. The van der Waals surface area contributed by atoms with Gasteiger partial charge < -0.3 is 15.1 Å². The van der Waals surface area contributed by atoms with E-state index >= 15 is 0 Å². The van der Waals surface area contributed by atoms with Gasteiger partial charge in [-0.1, -0.05) is 11.6 Å². The molecule has 104 valence electrons. The third kappa shape index (κ3) is 6.77. The van der Waals surface area contributed by atoms with Crippen LogP contribution >= 0.6 is 0 Å². The highest BCUT2D eigenvalue weighted by Crippen LogP contribution is 2.20. The minimum atomic E-state index is -0.749. The molecular formula is C14H25NO3. The van der Waals surface area contributed by atoms with Gasteiger partial charge in [0.2, 0.25) is 0 Å². The van der Waals surface area contributed by atoms with Crippen LogP contribution in [0.2, 0.25) is 0 Å². The van der Waals surface area contributed by atoms with Gasteiger partial charge in [-0.3, -0.25) is 4.79 Å². The number of carboxylic acids is 1. The Bertz CT molecular complexity index is 276.